The highest BCUT2D eigenvalue weighted by atomic mass is 32.2. The summed E-state index contributed by atoms with van der Waals surface area (Å²) in [6.45, 7) is 1.92. The van der Waals surface area contributed by atoms with Crippen LogP contribution in [0, 0.1) is 6.92 Å². The largest absolute Gasteiger partial charge is 0.497 e. The minimum atomic E-state index is -0.941. The van der Waals surface area contributed by atoms with Crippen molar-refractivity contribution < 1.29 is 14.6 Å². The van der Waals surface area contributed by atoms with Crippen molar-refractivity contribution in [3.8, 4) is 5.75 Å². The van der Waals surface area contributed by atoms with Crippen LogP contribution < -0.4 is 10.1 Å². The first kappa shape index (κ1) is 23.5. The van der Waals surface area contributed by atoms with E-state index in [0.29, 0.717) is 11.6 Å². The van der Waals surface area contributed by atoms with E-state index in [1.807, 2.05) is 37.3 Å². The van der Waals surface area contributed by atoms with Crippen LogP contribution in [0.25, 0.3) is 0 Å². The van der Waals surface area contributed by atoms with E-state index in [2.05, 4.69) is 66.0 Å². The standard InChI is InChI=1S/C29H27NO3S/c1-21-10-9-15-26(28(31)32)27(21)30-20-34-29(22-11-5-3-6-12-22,23-13-7-4-8-14-23)24-16-18-25(33-2)19-17-24/h3-19,30H,20H2,1-2H3,(H,31,32). The van der Waals surface area contributed by atoms with Crippen LogP contribution in [-0.2, 0) is 4.75 Å². The number of hydrogen-bond acceptors (Lipinski definition) is 4. The Labute approximate surface area is 204 Å². The van der Waals surface area contributed by atoms with Crippen molar-refractivity contribution in [2.45, 2.75) is 11.7 Å². The average Bonchev–Trinajstić information content (AvgIpc) is 2.88. The molecule has 0 aliphatic heterocycles. The van der Waals surface area contributed by atoms with Gasteiger partial charge in [-0.15, -0.1) is 11.8 Å². The number of methoxy groups -OCH3 is 1. The number of thioether (sulfide) groups is 1. The van der Waals surface area contributed by atoms with E-state index < -0.39 is 10.7 Å². The number of aryl methyl sites for hydroxylation is 1. The molecule has 4 rings (SSSR count). The number of para-hydroxylation sites is 1. The molecule has 34 heavy (non-hydrogen) atoms. The van der Waals surface area contributed by atoms with E-state index in [9.17, 15) is 9.90 Å². The zero-order chi connectivity index (χ0) is 24.0. The molecule has 2 N–H and O–H groups in total. The highest BCUT2D eigenvalue weighted by Gasteiger charge is 2.37. The Bertz CT molecular complexity index is 1200. The Hall–Kier alpha value is -3.70. The number of aromatic carboxylic acids is 1. The molecular weight excluding hydrogens is 442 g/mol. The Balaban J connectivity index is 1.80. The molecule has 0 fully saturated rings. The van der Waals surface area contributed by atoms with E-state index >= 15 is 0 Å². The Kier molecular flexibility index (Phi) is 7.24. The smallest absolute Gasteiger partial charge is 0.337 e. The summed E-state index contributed by atoms with van der Waals surface area (Å²) in [6.07, 6.45) is 0. The first-order valence-corrected chi connectivity index (χ1v) is 12.0. The maximum atomic E-state index is 11.8. The lowest BCUT2D eigenvalue weighted by Gasteiger charge is -2.35. The third-order valence-electron chi connectivity index (χ3n) is 5.90. The first-order valence-electron chi connectivity index (χ1n) is 11.0. The number of hydrogen-bond donors (Lipinski definition) is 2. The number of benzene rings is 4. The molecule has 0 heterocycles. The summed E-state index contributed by atoms with van der Waals surface area (Å²) in [5.41, 5.74) is 5.21. The number of ether oxygens (including phenoxy) is 1. The van der Waals surface area contributed by atoms with Crippen LogP contribution in [-0.4, -0.2) is 24.1 Å². The summed E-state index contributed by atoms with van der Waals surface area (Å²) in [5.74, 6) is 0.359. The molecule has 4 aromatic rings. The second-order valence-electron chi connectivity index (χ2n) is 7.91. The number of carbonyl (C=O) groups is 1. The van der Waals surface area contributed by atoms with Crippen molar-refractivity contribution in [2.75, 3.05) is 18.3 Å². The number of anilines is 1. The van der Waals surface area contributed by atoms with Gasteiger partial charge in [0, 0.05) is 0 Å². The van der Waals surface area contributed by atoms with Crippen molar-refractivity contribution in [1.82, 2.24) is 0 Å². The molecule has 0 radical (unpaired) electrons. The monoisotopic (exact) mass is 469 g/mol. The molecule has 0 aromatic heterocycles. The fourth-order valence-corrected chi connectivity index (χ4v) is 5.56. The first-order chi connectivity index (χ1) is 16.6. The van der Waals surface area contributed by atoms with E-state index in [4.69, 9.17) is 4.74 Å². The summed E-state index contributed by atoms with van der Waals surface area (Å²) < 4.78 is 4.89. The molecule has 0 bridgehead atoms. The predicted molar refractivity (Wildman–Crippen MR) is 140 cm³/mol. The quantitative estimate of drug-likeness (QED) is 0.209. The maximum Gasteiger partial charge on any atom is 0.337 e. The number of rotatable bonds is 9. The molecule has 0 atom stereocenters. The fourth-order valence-electron chi connectivity index (χ4n) is 4.22. The zero-order valence-corrected chi connectivity index (χ0v) is 20.0. The minimum Gasteiger partial charge on any atom is -0.497 e. The van der Waals surface area contributed by atoms with Gasteiger partial charge in [0.2, 0.25) is 0 Å². The third kappa shape index (κ3) is 4.66. The summed E-state index contributed by atoms with van der Waals surface area (Å²) in [5, 5.41) is 13.1. The minimum absolute atomic E-state index is 0.273. The second-order valence-corrected chi connectivity index (χ2v) is 9.10. The van der Waals surface area contributed by atoms with Crippen LogP contribution in [0.2, 0.25) is 0 Å². The summed E-state index contributed by atoms with van der Waals surface area (Å²) >= 11 is 1.72. The normalized spacial score (nSPS) is 11.1. The van der Waals surface area contributed by atoms with E-state index in [-0.39, 0.29) is 5.56 Å². The molecule has 0 unspecified atom stereocenters. The second kappa shape index (κ2) is 10.5. The summed E-state index contributed by atoms with van der Waals surface area (Å²) in [4.78, 5) is 11.8. The molecule has 0 aliphatic carbocycles. The number of nitrogens with one attached hydrogen (secondary N) is 1. The number of carboxylic acid groups (broad SMARTS) is 1. The summed E-state index contributed by atoms with van der Waals surface area (Å²) in [7, 11) is 1.66. The third-order valence-corrected chi connectivity index (χ3v) is 7.33. The molecule has 4 aromatic carbocycles. The Morgan fingerprint density at radius 3 is 1.91 bits per heavy atom. The predicted octanol–water partition coefficient (Wildman–Crippen LogP) is 6.80. The molecule has 0 saturated carbocycles. The van der Waals surface area contributed by atoms with Gasteiger partial charge in [0.05, 0.1) is 29.0 Å². The van der Waals surface area contributed by atoms with Crippen molar-refractivity contribution in [2.24, 2.45) is 0 Å². The van der Waals surface area contributed by atoms with Crippen molar-refractivity contribution in [3.05, 3.63) is 131 Å². The number of carboxylic acids is 1. The molecule has 172 valence electrons. The summed E-state index contributed by atoms with van der Waals surface area (Å²) in [6, 6.07) is 34.3. The van der Waals surface area contributed by atoms with Gasteiger partial charge in [-0.3, -0.25) is 0 Å². The van der Waals surface area contributed by atoms with E-state index in [0.717, 1.165) is 28.0 Å². The molecule has 5 heteroatoms. The average molecular weight is 470 g/mol. The zero-order valence-electron chi connectivity index (χ0n) is 19.2. The SMILES string of the molecule is COc1ccc(C(SCNc2c(C)cccc2C(=O)O)(c2ccccc2)c2ccccc2)cc1. The molecule has 0 spiro atoms. The molecule has 0 saturated heterocycles. The van der Waals surface area contributed by atoms with Gasteiger partial charge >= 0.3 is 5.97 Å². The highest BCUT2D eigenvalue weighted by molar-refractivity contribution is 8.00. The maximum absolute atomic E-state index is 11.8. The van der Waals surface area contributed by atoms with Gasteiger partial charge in [0.25, 0.3) is 0 Å². The van der Waals surface area contributed by atoms with Crippen LogP contribution in [0.3, 0.4) is 0 Å². The van der Waals surface area contributed by atoms with Crippen LogP contribution >= 0.6 is 11.8 Å². The molecular formula is C29H27NO3S. The van der Waals surface area contributed by atoms with Crippen LogP contribution in [0.15, 0.2) is 103 Å². The van der Waals surface area contributed by atoms with Crippen molar-refractivity contribution in [3.63, 3.8) is 0 Å². The lowest BCUT2D eigenvalue weighted by atomic mass is 9.84. The lowest BCUT2D eigenvalue weighted by Crippen LogP contribution is -2.27. The van der Waals surface area contributed by atoms with Gasteiger partial charge in [-0.05, 0) is 47.4 Å². The van der Waals surface area contributed by atoms with E-state index in [1.54, 1.807) is 31.0 Å². The van der Waals surface area contributed by atoms with Gasteiger partial charge in [-0.1, -0.05) is 84.9 Å². The molecule has 0 amide bonds. The van der Waals surface area contributed by atoms with Crippen LogP contribution in [0.5, 0.6) is 5.75 Å². The molecule has 0 aliphatic rings. The highest BCUT2D eigenvalue weighted by Crippen LogP contribution is 2.48. The fraction of sp³-hybridized carbons (Fsp3) is 0.138. The van der Waals surface area contributed by atoms with Crippen LogP contribution in [0.4, 0.5) is 5.69 Å². The van der Waals surface area contributed by atoms with Crippen molar-refractivity contribution >= 4 is 23.4 Å². The van der Waals surface area contributed by atoms with Crippen molar-refractivity contribution in [1.29, 1.82) is 0 Å². The van der Waals surface area contributed by atoms with Gasteiger partial charge in [-0.2, -0.15) is 0 Å². The van der Waals surface area contributed by atoms with Gasteiger partial charge in [0.1, 0.15) is 5.75 Å². The Morgan fingerprint density at radius 1 is 0.824 bits per heavy atom. The van der Waals surface area contributed by atoms with Gasteiger partial charge < -0.3 is 15.2 Å². The Morgan fingerprint density at radius 2 is 1.38 bits per heavy atom. The van der Waals surface area contributed by atoms with Crippen LogP contribution in [0.1, 0.15) is 32.6 Å². The topological polar surface area (TPSA) is 58.6 Å². The van der Waals surface area contributed by atoms with E-state index in [1.165, 1.54) is 0 Å². The lowest BCUT2D eigenvalue weighted by molar-refractivity contribution is 0.0698. The van der Waals surface area contributed by atoms with Gasteiger partial charge in [0.15, 0.2) is 0 Å². The molecule has 4 nitrogen and oxygen atoms in total. The van der Waals surface area contributed by atoms with Gasteiger partial charge in [-0.25, -0.2) is 4.79 Å².